The van der Waals surface area contributed by atoms with Gasteiger partial charge in [-0.15, -0.1) is 0 Å². The fraction of sp³-hybridized carbons (Fsp3) is 0.300. The summed E-state index contributed by atoms with van der Waals surface area (Å²) in [6.45, 7) is 3.84. The average Bonchev–Trinajstić information content (AvgIpc) is 3.06. The Morgan fingerprint density at radius 3 is 2.62 bits per heavy atom. The molecule has 1 amide bonds. The Bertz CT molecular complexity index is 1130. The van der Waals surface area contributed by atoms with Crippen LogP contribution in [0.4, 0.5) is 11.5 Å². The second kappa shape index (κ2) is 6.94. The standard InChI is InChI=1S/C20H21N7O2/c1-24-9-11-25(12-10-24)13-17(28)26-15-6-2-3-7-16(15)27-19(22-23-20(27)29)14-5-4-8-21-18(14)26/h2-8H,9-13H2,1H3,(H,23,29). The number of aromatic amines is 1. The third-order valence-electron chi connectivity index (χ3n) is 5.48. The highest BCUT2D eigenvalue weighted by Crippen LogP contribution is 2.39. The molecule has 2 aliphatic heterocycles. The predicted octanol–water partition coefficient (Wildman–Crippen LogP) is 0.848. The third kappa shape index (κ3) is 2.95. The highest BCUT2D eigenvalue weighted by molar-refractivity contribution is 6.06. The first-order valence-corrected chi connectivity index (χ1v) is 9.59. The molecule has 3 aromatic rings. The van der Waals surface area contributed by atoms with Crippen LogP contribution in [-0.2, 0) is 4.79 Å². The van der Waals surface area contributed by atoms with E-state index in [9.17, 15) is 9.59 Å². The maximum Gasteiger partial charge on any atom is 0.348 e. The summed E-state index contributed by atoms with van der Waals surface area (Å²) in [5, 5.41) is 6.72. The van der Waals surface area contributed by atoms with Crippen molar-refractivity contribution < 1.29 is 4.79 Å². The number of H-pyrrole nitrogens is 1. The number of amides is 1. The van der Waals surface area contributed by atoms with E-state index in [2.05, 4.69) is 32.0 Å². The summed E-state index contributed by atoms with van der Waals surface area (Å²) in [4.78, 5) is 36.6. The quantitative estimate of drug-likeness (QED) is 0.697. The maximum absolute atomic E-state index is 13.5. The minimum absolute atomic E-state index is 0.0795. The van der Waals surface area contributed by atoms with Crippen LogP contribution in [0.1, 0.15) is 0 Å². The summed E-state index contributed by atoms with van der Waals surface area (Å²) in [6.07, 6.45) is 1.65. The molecular weight excluding hydrogens is 370 g/mol. The Morgan fingerprint density at radius 1 is 1.07 bits per heavy atom. The Labute approximate surface area is 167 Å². The van der Waals surface area contributed by atoms with Crippen LogP contribution in [0, 0.1) is 0 Å². The molecule has 2 aliphatic rings. The van der Waals surface area contributed by atoms with Crippen molar-refractivity contribution in [3.8, 4) is 17.1 Å². The average molecular weight is 391 g/mol. The monoisotopic (exact) mass is 391 g/mol. The van der Waals surface area contributed by atoms with Crippen LogP contribution in [0.2, 0.25) is 0 Å². The first kappa shape index (κ1) is 17.8. The normalized spacial score (nSPS) is 16.7. The number of hydrogen-bond acceptors (Lipinski definition) is 6. The number of aromatic nitrogens is 4. The fourth-order valence-corrected chi connectivity index (χ4v) is 3.93. The van der Waals surface area contributed by atoms with Crippen molar-refractivity contribution in [2.24, 2.45) is 0 Å². The molecule has 1 aromatic carbocycles. The number of hydrogen-bond donors (Lipinski definition) is 1. The number of anilines is 2. The number of carbonyl (C=O) groups excluding carboxylic acids is 1. The molecule has 0 spiro atoms. The lowest BCUT2D eigenvalue weighted by molar-refractivity contribution is -0.119. The minimum Gasteiger partial charge on any atom is -0.304 e. The second-order valence-electron chi connectivity index (χ2n) is 7.36. The zero-order valence-corrected chi connectivity index (χ0v) is 16.1. The molecule has 1 fully saturated rings. The molecule has 1 N–H and O–H groups in total. The number of likely N-dealkylation sites (N-methyl/N-ethyl adjacent to an activating group) is 1. The predicted molar refractivity (Wildman–Crippen MR) is 108 cm³/mol. The lowest BCUT2D eigenvalue weighted by Gasteiger charge is -2.33. The highest BCUT2D eigenvalue weighted by atomic mass is 16.2. The van der Waals surface area contributed by atoms with Crippen molar-refractivity contribution in [1.82, 2.24) is 29.5 Å². The summed E-state index contributed by atoms with van der Waals surface area (Å²) in [5.41, 5.74) is 1.50. The number of rotatable bonds is 2. The number of para-hydroxylation sites is 2. The van der Waals surface area contributed by atoms with E-state index in [1.54, 1.807) is 17.2 Å². The van der Waals surface area contributed by atoms with Gasteiger partial charge in [0.1, 0.15) is 0 Å². The summed E-state index contributed by atoms with van der Waals surface area (Å²) in [6, 6.07) is 11.0. The zero-order valence-electron chi connectivity index (χ0n) is 16.1. The lowest BCUT2D eigenvalue weighted by atomic mass is 10.2. The van der Waals surface area contributed by atoms with Gasteiger partial charge in [0.05, 0.1) is 23.5 Å². The van der Waals surface area contributed by atoms with Crippen molar-refractivity contribution in [1.29, 1.82) is 0 Å². The molecule has 0 unspecified atom stereocenters. The van der Waals surface area contributed by atoms with E-state index in [-0.39, 0.29) is 18.1 Å². The molecule has 0 atom stereocenters. The minimum atomic E-state index is -0.351. The van der Waals surface area contributed by atoms with Gasteiger partial charge < -0.3 is 4.90 Å². The van der Waals surface area contributed by atoms with Gasteiger partial charge in [0, 0.05) is 32.4 Å². The van der Waals surface area contributed by atoms with Gasteiger partial charge in [-0.25, -0.2) is 19.4 Å². The topological polar surface area (TPSA) is 90.4 Å². The molecule has 9 nitrogen and oxygen atoms in total. The molecule has 148 valence electrons. The van der Waals surface area contributed by atoms with Gasteiger partial charge >= 0.3 is 5.69 Å². The number of nitrogens with zero attached hydrogens (tertiary/aromatic N) is 6. The van der Waals surface area contributed by atoms with Crippen LogP contribution >= 0.6 is 0 Å². The van der Waals surface area contributed by atoms with E-state index in [1.807, 2.05) is 30.3 Å². The molecule has 0 saturated carbocycles. The Morgan fingerprint density at radius 2 is 1.83 bits per heavy atom. The van der Waals surface area contributed by atoms with Crippen molar-refractivity contribution in [3.63, 3.8) is 0 Å². The molecule has 1 saturated heterocycles. The van der Waals surface area contributed by atoms with Gasteiger partial charge in [-0.2, -0.15) is 5.10 Å². The number of nitrogens with one attached hydrogen (secondary N) is 1. The molecular formula is C20H21N7O2. The molecule has 9 heteroatoms. The second-order valence-corrected chi connectivity index (χ2v) is 7.36. The summed E-state index contributed by atoms with van der Waals surface area (Å²) >= 11 is 0. The fourth-order valence-electron chi connectivity index (χ4n) is 3.93. The number of pyridine rings is 1. The maximum atomic E-state index is 13.5. The smallest absolute Gasteiger partial charge is 0.304 e. The van der Waals surface area contributed by atoms with Crippen molar-refractivity contribution in [3.05, 3.63) is 53.1 Å². The Balaban J connectivity index is 1.63. The van der Waals surface area contributed by atoms with Gasteiger partial charge in [0.2, 0.25) is 5.91 Å². The van der Waals surface area contributed by atoms with Crippen LogP contribution in [-0.4, -0.2) is 75.2 Å². The van der Waals surface area contributed by atoms with E-state index < -0.39 is 0 Å². The van der Waals surface area contributed by atoms with Crippen LogP contribution in [0.25, 0.3) is 17.1 Å². The molecule has 0 radical (unpaired) electrons. The third-order valence-corrected chi connectivity index (χ3v) is 5.48. The number of benzene rings is 1. The SMILES string of the molecule is CN1CCN(CC(=O)N2c3ccccc3-n3c(n[nH]c3=O)-c3cccnc32)CC1. The van der Waals surface area contributed by atoms with Crippen LogP contribution in [0.3, 0.4) is 0 Å². The van der Waals surface area contributed by atoms with Crippen LogP contribution in [0.5, 0.6) is 0 Å². The van der Waals surface area contributed by atoms with Crippen molar-refractivity contribution in [2.45, 2.75) is 0 Å². The van der Waals surface area contributed by atoms with Crippen molar-refractivity contribution in [2.75, 3.05) is 44.7 Å². The first-order valence-electron chi connectivity index (χ1n) is 9.59. The Kier molecular flexibility index (Phi) is 4.26. The lowest BCUT2D eigenvalue weighted by Crippen LogP contribution is -2.48. The Hall–Kier alpha value is -3.30. The van der Waals surface area contributed by atoms with Gasteiger partial charge in [-0.1, -0.05) is 12.1 Å². The first-order chi connectivity index (χ1) is 14.1. The van der Waals surface area contributed by atoms with E-state index in [0.717, 1.165) is 26.2 Å². The number of fused-ring (bicyclic) bond motifs is 5. The van der Waals surface area contributed by atoms with Gasteiger partial charge in [-0.05, 0) is 31.3 Å². The summed E-state index contributed by atoms with van der Waals surface area (Å²) in [5.74, 6) is 0.849. The molecule has 2 aromatic heterocycles. The van der Waals surface area contributed by atoms with Crippen LogP contribution < -0.4 is 10.6 Å². The molecule has 29 heavy (non-hydrogen) atoms. The van der Waals surface area contributed by atoms with E-state index in [1.165, 1.54) is 4.57 Å². The van der Waals surface area contributed by atoms with Gasteiger partial charge in [0.25, 0.3) is 0 Å². The van der Waals surface area contributed by atoms with Crippen molar-refractivity contribution >= 4 is 17.4 Å². The largest absolute Gasteiger partial charge is 0.348 e. The number of carbonyl (C=O) groups is 1. The summed E-state index contributed by atoms with van der Waals surface area (Å²) < 4.78 is 1.50. The molecule has 4 heterocycles. The molecule has 0 aliphatic carbocycles. The van der Waals surface area contributed by atoms with E-state index in [0.29, 0.717) is 28.6 Å². The van der Waals surface area contributed by atoms with E-state index in [4.69, 9.17) is 0 Å². The molecule has 0 bridgehead atoms. The van der Waals surface area contributed by atoms with Crippen LogP contribution in [0.15, 0.2) is 47.4 Å². The highest BCUT2D eigenvalue weighted by Gasteiger charge is 2.32. The van der Waals surface area contributed by atoms with Gasteiger partial charge in [0.15, 0.2) is 11.6 Å². The summed E-state index contributed by atoms with van der Waals surface area (Å²) in [7, 11) is 2.09. The van der Waals surface area contributed by atoms with E-state index >= 15 is 0 Å². The molecule has 5 rings (SSSR count). The number of piperazine rings is 1. The van der Waals surface area contributed by atoms with Gasteiger partial charge in [-0.3, -0.25) is 14.6 Å². The zero-order chi connectivity index (χ0) is 20.0.